The van der Waals surface area contributed by atoms with E-state index in [-0.39, 0.29) is 19.8 Å². The lowest BCUT2D eigenvalue weighted by atomic mass is 10.2. The van der Waals surface area contributed by atoms with E-state index >= 15 is 0 Å². The van der Waals surface area contributed by atoms with Gasteiger partial charge < -0.3 is 24.1 Å². The van der Waals surface area contributed by atoms with E-state index in [0.29, 0.717) is 16.0 Å². The Balaban J connectivity index is 2.12. The molecule has 0 spiro atoms. The molecule has 1 aromatic heterocycles. The van der Waals surface area contributed by atoms with E-state index in [1.165, 1.54) is 14.0 Å². The van der Waals surface area contributed by atoms with Gasteiger partial charge >= 0.3 is 12.1 Å². The molecule has 0 amide bonds. The number of benzene rings is 1. The zero-order chi connectivity index (χ0) is 24.6. The number of carbonyl (C=O) groups excluding carboxylic acids is 1. The molecule has 0 unspecified atom stereocenters. The van der Waals surface area contributed by atoms with Crippen LogP contribution in [0.25, 0.3) is 0 Å². The van der Waals surface area contributed by atoms with Crippen molar-refractivity contribution >= 4 is 5.97 Å². The summed E-state index contributed by atoms with van der Waals surface area (Å²) in [7, 11) is 1.48. The number of aliphatic hydroxyl groups excluding tert-OH is 1. The van der Waals surface area contributed by atoms with Gasteiger partial charge in [0, 0.05) is 0 Å². The van der Waals surface area contributed by atoms with Crippen LogP contribution >= 0.6 is 0 Å². The molecule has 12 heteroatoms. The van der Waals surface area contributed by atoms with E-state index in [0.717, 1.165) is 6.20 Å². The lowest BCUT2D eigenvalue weighted by Crippen LogP contribution is -2.33. The van der Waals surface area contributed by atoms with Crippen LogP contribution in [0.4, 0.5) is 13.2 Å². The highest BCUT2D eigenvalue weighted by molar-refractivity contribution is 5.74. The van der Waals surface area contributed by atoms with Crippen molar-refractivity contribution in [3.8, 4) is 11.5 Å². The van der Waals surface area contributed by atoms with Gasteiger partial charge in [0.15, 0.2) is 17.4 Å². The highest BCUT2D eigenvalue weighted by atomic mass is 19.4. The number of rotatable bonds is 11. The summed E-state index contributed by atoms with van der Waals surface area (Å²) >= 11 is 0. The number of aliphatic hydroxyl groups is 1. The fourth-order valence-corrected chi connectivity index (χ4v) is 2.74. The second-order valence-electron chi connectivity index (χ2n) is 6.93. The van der Waals surface area contributed by atoms with Gasteiger partial charge in [-0.25, -0.2) is 9.48 Å². The van der Waals surface area contributed by atoms with Gasteiger partial charge in [-0.2, -0.15) is 18.3 Å². The number of ether oxygens (including phenoxy) is 4. The lowest BCUT2D eigenvalue weighted by molar-refractivity contribution is -0.156. The second-order valence-corrected chi connectivity index (χ2v) is 6.93. The number of carbonyl (C=O) groups is 1. The molecule has 0 aliphatic rings. The summed E-state index contributed by atoms with van der Waals surface area (Å²) in [6.45, 7) is 2.17. The summed E-state index contributed by atoms with van der Waals surface area (Å²) in [5, 5.41) is 13.4. The largest absolute Gasteiger partial charge is 0.497 e. The van der Waals surface area contributed by atoms with E-state index in [1.807, 2.05) is 0 Å². The Kier molecular flexibility index (Phi) is 9.23. The molecule has 2 rings (SSSR count). The zero-order valence-corrected chi connectivity index (χ0v) is 18.3. The Hall–Kier alpha value is -3.12. The van der Waals surface area contributed by atoms with E-state index in [2.05, 4.69) is 9.84 Å². The maximum atomic E-state index is 13.6. The molecule has 0 aliphatic heterocycles. The van der Waals surface area contributed by atoms with Gasteiger partial charge in [0.05, 0.1) is 39.7 Å². The first kappa shape index (κ1) is 26.1. The van der Waals surface area contributed by atoms with Gasteiger partial charge in [0.25, 0.3) is 5.56 Å². The molecule has 0 saturated carbocycles. The molecular weight excluding hydrogens is 449 g/mol. The quantitative estimate of drug-likeness (QED) is 0.493. The molecule has 0 bridgehead atoms. The van der Waals surface area contributed by atoms with Crippen molar-refractivity contribution in [3.05, 3.63) is 51.9 Å². The van der Waals surface area contributed by atoms with Gasteiger partial charge in [-0.1, -0.05) is 12.1 Å². The molecule has 9 nitrogen and oxygen atoms in total. The van der Waals surface area contributed by atoms with Crippen LogP contribution in [0.1, 0.15) is 25.0 Å². The van der Waals surface area contributed by atoms with Crippen molar-refractivity contribution in [2.45, 2.75) is 38.8 Å². The minimum Gasteiger partial charge on any atom is -0.497 e. The summed E-state index contributed by atoms with van der Waals surface area (Å²) in [6, 6.07) is 6.44. The monoisotopic (exact) mass is 474 g/mol. The average Bonchev–Trinajstić information content (AvgIpc) is 2.75. The standard InChI is InChI=1S/C21H25F3N2O7/c1-4-32-20(29)16(27)12-31-11-13(2)33-17-9-25-26(19(28)18(17)21(22,23)24)10-14-5-7-15(30-3)8-6-14/h5-9,13,16,27H,4,10-12H2,1-3H3/t13-,16+/m0/s1. The number of methoxy groups -OCH3 is 1. The van der Waals surface area contributed by atoms with Crippen molar-refractivity contribution in [3.63, 3.8) is 0 Å². The minimum atomic E-state index is -4.99. The van der Waals surface area contributed by atoms with Crippen molar-refractivity contribution in [2.75, 3.05) is 26.9 Å². The van der Waals surface area contributed by atoms with Gasteiger partial charge in [0.1, 0.15) is 11.9 Å². The molecule has 1 heterocycles. The highest BCUT2D eigenvalue weighted by Gasteiger charge is 2.39. The summed E-state index contributed by atoms with van der Waals surface area (Å²) in [4.78, 5) is 23.9. The Morgan fingerprint density at radius 3 is 2.45 bits per heavy atom. The third kappa shape index (κ3) is 7.46. The first-order valence-corrected chi connectivity index (χ1v) is 9.96. The maximum Gasteiger partial charge on any atom is 0.425 e. The van der Waals surface area contributed by atoms with Crippen LogP contribution in [-0.4, -0.2) is 60.0 Å². The van der Waals surface area contributed by atoms with Crippen LogP contribution in [-0.2, 0) is 27.0 Å². The maximum absolute atomic E-state index is 13.6. The predicted molar refractivity (Wildman–Crippen MR) is 109 cm³/mol. The summed E-state index contributed by atoms with van der Waals surface area (Å²) in [5.41, 5.74) is -2.31. The Bertz CT molecular complexity index is 977. The molecule has 0 radical (unpaired) electrons. The summed E-state index contributed by atoms with van der Waals surface area (Å²) < 4.78 is 61.6. The second kappa shape index (κ2) is 11.7. The fraction of sp³-hybridized carbons (Fsp3) is 0.476. The SMILES string of the molecule is CCOC(=O)[C@H](O)COC[C@H](C)Oc1cnn(Cc2ccc(OC)cc2)c(=O)c1C(F)(F)F. The lowest BCUT2D eigenvalue weighted by Gasteiger charge is -2.19. The fourth-order valence-electron chi connectivity index (χ4n) is 2.74. The number of hydrogen-bond donors (Lipinski definition) is 1. The zero-order valence-electron chi connectivity index (χ0n) is 18.3. The third-order valence-corrected chi connectivity index (χ3v) is 4.30. The number of hydrogen-bond acceptors (Lipinski definition) is 8. The Morgan fingerprint density at radius 2 is 1.88 bits per heavy atom. The predicted octanol–water partition coefficient (Wildman–Crippen LogP) is 2.03. The van der Waals surface area contributed by atoms with Crippen molar-refractivity contribution in [1.82, 2.24) is 9.78 Å². The van der Waals surface area contributed by atoms with Crippen molar-refractivity contribution in [2.24, 2.45) is 0 Å². The van der Waals surface area contributed by atoms with Gasteiger partial charge in [-0.05, 0) is 31.5 Å². The third-order valence-electron chi connectivity index (χ3n) is 4.30. The molecule has 2 aromatic rings. The van der Waals surface area contributed by atoms with Crippen LogP contribution in [0.2, 0.25) is 0 Å². The van der Waals surface area contributed by atoms with Gasteiger partial charge in [-0.15, -0.1) is 0 Å². The normalized spacial score (nSPS) is 13.3. The summed E-state index contributed by atoms with van der Waals surface area (Å²) in [5.74, 6) is -1.07. The molecule has 0 fully saturated rings. The van der Waals surface area contributed by atoms with Crippen LogP contribution < -0.4 is 15.0 Å². The molecule has 33 heavy (non-hydrogen) atoms. The molecule has 2 atom stereocenters. The van der Waals surface area contributed by atoms with Gasteiger partial charge in [0.2, 0.25) is 0 Å². The van der Waals surface area contributed by atoms with E-state index in [9.17, 15) is 27.9 Å². The van der Waals surface area contributed by atoms with Crippen LogP contribution in [0, 0.1) is 0 Å². The van der Waals surface area contributed by atoms with E-state index in [4.69, 9.17) is 14.2 Å². The number of halogens is 3. The Labute approximate surface area is 187 Å². The van der Waals surface area contributed by atoms with Crippen LogP contribution in [0.15, 0.2) is 35.3 Å². The molecule has 1 aromatic carbocycles. The molecule has 0 saturated heterocycles. The number of nitrogens with zero attached hydrogens (tertiary/aromatic N) is 2. The van der Waals surface area contributed by atoms with E-state index in [1.54, 1.807) is 31.2 Å². The molecular formula is C21H25F3N2O7. The van der Waals surface area contributed by atoms with Gasteiger partial charge in [-0.3, -0.25) is 4.79 Å². The minimum absolute atomic E-state index is 0.0760. The topological polar surface area (TPSA) is 109 Å². The Morgan fingerprint density at radius 1 is 1.21 bits per heavy atom. The van der Waals surface area contributed by atoms with E-state index < -0.39 is 47.8 Å². The van der Waals surface area contributed by atoms with Crippen LogP contribution in [0.5, 0.6) is 11.5 Å². The molecule has 0 aliphatic carbocycles. The first-order valence-electron chi connectivity index (χ1n) is 9.96. The number of alkyl halides is 3. The number of aromatic nitrogens is 2. The van der Waals surface area contributed by atoms with Crippen molar-refractivity contribution in [1.29, 1.82) is 0 Å². The molecule has 182 valence electrons. The highest BCUT2D eigenvalue weighted by Crippen LogP contribution is 2.33. The van der Waals surface area contributed by atoms with Crippen LogP contribution in [0.3, 0.4) is 0 Å². The average molecular weight is 474 g/mol. The molecule has 1 N–H and O–H groups in total. The van der Waals surface area contributed by atoms with Crippen molar-refractivity contribution < 1.29 is 42.0 Å². The first-order chi connectivity index (χ1) is 15.6. The number of esters is 1. The smallest absolute Gasteiger partial charge is 0.425 e. The summed E-state index contributed by atoms with van der Waals surface area (Å²) in [6.07, 6.45) is -6.65.